The molecule has 0 unspecified atom stereocenters. The summed E-state index contributed by atoms with van der Waals surface area (Å²) in [6, 6.07) is 9.51. The van der Waals surface area contributed by atoms with Crippen LogP contribution >= 0.6 is 0 Å². The first-order valence-electron chi connectivity index (χ1n) is 7.80. The fourth-order valence-corrected chi connectivity index (χ4v) is 2.65. The molecule has 0 saturated heterocycles. The van der Waals surface area contributed by atoms with Gasteiger partial charge in [0.15, 0.2) is 11.5 Å². The number of alkyl halides is 3. The largest absolute Gasteiger partial charge is 0.440 e. The second-order valence-electron chi connectivity index (χ2n) is 6.01. The Kier molecular flexibility index (Phi) is 3.52. The van der Waals surface area contributed by atoms with Crippen molar-refractivity contribution in [1.82, 2.24) is 4.98 Å². The summed E-state index contributed by atoms with van der Waals surface area (Å²) in [7, 11) is 0. The Morgan fingerprint density at radius 1 is 1.16 bits per heavy atom. The van der Waals surface area contributed by atoms with Gasteiger partial charge in [-0.2, -0.15) is 13.2 Å². The van der Waals surface area contributed by atoms with Crippen molar-refractivity contribution in [3.8, 4) is 0 Å². The summed E-state index contributed by atoms with van der Waals surface area (Å²) in [6.07, 6.45) is -2.50. The van der Waals surface area contributed by atoms with Crippen LogP contribution < -0.4 is 5.32 Å². The van der Waals surface area contributed by atoms with Gasteiger partial charge >= 0.3 is 6.18 Å². The van der Waals surface area contributed by atoms with Crippen molar-refractivity contribution in [3.05, 3.63) is 59.5 Å². The standard InChI is InChI=1S/C18H13F3N2O2/c19-18(20,21)13-4-2-1-3-12(13)16(24)22-11-7-8-15-14(9-11)23-17(25-15)10-5-6-10/h1-4,7-10H,5-6H2,(H,22,24). The van der Waals surface area contributed by atoms with Crippen LogP contribution in [0.5, 0.6) is 0 Å². The molecule has 2 aromatic carbocycles. The second-order valence-corrected chi connectivity index (χ2v) is 6.01. The lowest BCUT2D eigenvalue weighted by Crippen LogP contribution is -2.18. The SMILES string of the molecule is O=C(Nc1ccc2oc(C3CC3)nc2c1)c1ccccc1C(F)(F)F. The second kappa shape index (κ2) is 5.61. The Labute approximate surface area is 140 Å². The number of anilines is 1. The molecule has 1 saturated carbocycles. The lowest BCUT2D eigenvalue weighted by Gasteiger charge is -2.12. The van der Waals surface area contributed by atoms with E-state index in [1.54, 1.807) is 18.2 Å². The molecule has 1 heterocycles. The summed E-state index contributed by atoms with van der Waals surface area (Å²) >= 11 is 0. The van der Waals surface area contributed by atoms with E-state index in [2.05, 4.69) is 10.3 Å². The number of amides is 1. The van der Waals surface area contributed by atoms with Crippen LogP contribution in [0.4, 0.5) is 18.9 Å². The number of carbonyl (C=O) groups excluding carboxylic acids is 1. The summed E-state index contributed by atoms with van der Waals surface area (Å²) in [5.74, 6) is 0.197. The van der Waals surface area contributed by atoms with E-state index >= 15 is 0 Å². The third-order valence-electron chi connectivity index (χ3n) is 4.07. The first-order chi connectivity index (χ1) is 11.9. The maximum Gasteiger partial charge on any atom is 0.417 e. The Morgan fingerprint density at radius 2 is 1.92 bits per heavy atom. The van der Waals surface area contributed by atoms with Crippen LogP contribution in [0.3, 0.4) is 0 Å². The highest BCUT2D eigenvalue weighted by Gasteiger charge is 2.35. The molecule has 0 spiro atoms. The number of rotatable bonds is 3. The molecule has 4 nitrogen and oxygen atoms in total. The number of carbonyl (C=O) groups is 1. The number of benzene rings is 2. The van der Waals surface area contributed by atoms with Crippen LogP contribution in [0.25, 0.3) is 11.1 Å². The number of aromatic nitrogens is 1. The van der Waals surface area contributed by atoms with Crippen molar-refractivity contribution < 1.29 is 22.4 Å². The van der Waals surface area contributed by atoms with E-state index in [1.807, 2.05) is 0 Å². The fourth-order valence-electron chi connectivity index (χ4n) is 2.65. The molecule has 1 aliphatic rings. The van der Waals surface area contributed by atoms with E-state index in [1.165, 1.54) is 12.1 Å². The number of nitrogens with one attached hydrogen (secondary N) is 1. The maximum absolute atomic E-state index is 13.0. The Bertz CT molecular complexity index is 958. The average Bonchev–Trinajstić information content (AvgIpc) is 3.34. The van der Waals surface area contributed by atoms with Crippen LogP contribution in [-0.2, 0) is 6.18 Å². The first-order valence-corrected chi connectivity index (χ1v) is 7.80. The smallest absolute Gasteiger partial charge is 0.417 e. The van der Waals surface area contributed by atoms with E-state index in [0.29, 0.717) is 28.6 Å². The number of oxazole rings is 1. The topological polar surface area (TPSA) is 55.1 Å². The molecule has 128 valence electrons. The zero-order chi connectivity index (χ0) is 17.6. The highest BCUT2D eigenvalue weighted by molar-refractivity contribution is 6.06. The van der Waals surface area contributed by atoms with Gasteiger partial charge in [0.2, 0.25) is 0 Å². The number of fused-ring (bicyclic) bond motifs is 1. The molecule has 4 rings (SSSR count). The van der Waals surface area contributed by atoms with Gasteiger partial charge in [0.25, 0.3) is 5.91 Å². The van der Waals surface area contributed by atoms with E-state index in [9.17, 15) is 18.0 Å². The van der Waals surface area contributed by atoms with Crippen molar-refractivity contribution >= 4 is 22.7 Å². The Balaban J connectivity index is 1.61. The predicted molar refractivity (Wildman–Crippen MR) is 85.4 cm³/mol. The van der Waals surface area contributed by atoms with Gasteiger partial charge in [0.05, 0.1) is 11.1 Å². The first kappa shape index (κ1) is 15.7. The zero-order valence-electron chi connectivity index (χ0n) is 12.9. The molecule has 0 aliphatic heterocycles. The van der Waals surface area contributed by atoms with Crippen LogP contribution in [-0.4, -0.2) is 10.9 Å². The molecule has 0 atom stereocenters. The third-order valence-corrected chi connectivity index (χ3v) is 4.07. The summed E-state index contributed by atoms with van der Waals surface area (Å²) in [6.45, 7) is 0. The summed E-state index contributed by atoms with van der Waals surface area (Å²) in [4.78, 5) is 16.7. The lowest BCUT2D eigenvalue weighted by molar-refractivity contribution is -0.137. The van der Waals surface area contributed by atoms with E-state index in [-0.39, 0.29) is 0 Å². The van der Waals surface area contributed by atoms with Gasteiger partial charge in [-0.25, -0.2) is 4.98 Å². The van der Waals surface area contributed by atoms with Crippen LogP contribution in [0.15, 0.2) is 46.9 Å². The summed E-state index contributed by atoms with van der Waals surface area (Å²) in [5.41, 5.74) is 0.143. The molecule has 0 radical (unpaired) electrons. The van der Waals surface area contributed by atoms with Gasteiger partial charge in [-0.1, -0.05) is 12.1 Å². The highest BCUT2D eigenvalue weighted by Crippen LogP contribution is 2.40. The number of halogens is 3. The van der Waals surface area contributed by atoms with Crippen molar-refractivity contribution in [1.29, 1.82) is 0 Å². The van der Waals surface area contributed by atoms with Gasteiger partial charge in [0.1, 0.15) is 5.52 Å². The quantitative estimate of drug-likeness (QED) is 0.728. The minimum absolute atomic E-state index is 0.351. The van der Waals surface area contributed by atoms with E-state index in [4.69, 9.17) is 4.42 Å². The maximum atomic E-state index is 13.0. The number of nitrogens with zero attached hydrogens (tertiary/aromatic N) is 1. The Morgan fingerprint density at radius 3 is 2.64 bits per heavy atom. The van der Waals surface area contributed by atoms with Crippen molar-refractivity contribution in [2.45, 2.75) is 24.9 Å². The van der Waals surface area contributed by atoms with E-state index < -0.39 is 23.2 Å². The number of hydrogen-bond donors (Lipinski definition) is 1. The van der Waals surface area contributed by atoms with Crippen molar-refractivity contribution in [3.63, 3.8) is 0 Å². The minimum atomic E-state index is -4.59. The molecular weight excluding hydrogens is 333 g/mol. The molecule has 0 bridgehead atoms. The number of hydrogen-bond acceptors (Lipinski definition) is 3. The molecule has 7 heteroatoms. The van der Waals surface area contributed by atoms with Crippen molar-refractivity contribution in [2.24, 2.45) is 0 Å². The summed E-state index contributed by atoms with van der Waals surface area (Å²) in [5, 5.41) is 2.50. The zero-order valence-corrected chi connectivity index (χ0v) is 12.9. The van der Waals surface area contributed by atoms with E-state index in [0.717, 1.165) is 25.0 Å². The van der Waals surface area contributed by atoms with Crippen LogP contribution in [0.2, 0.25) is 0 Å². The van der Waals surface area contributed by atoms with Gasteiger partial charge in [-0.05, 0) is 43.2 Å². The Hall–Kier alpha value is -2.83. The minimum Gasteiger partial charge on any atom is -0.440 e. The van der Waals surface area contributed by atoms with Crippen molar-refractivity contribution in [2.75, 3.05) is 5.32 Å². The predicted octanol–water partition coefficient (Wildman–Crippen LogP) is 4.98. The molecule has 1 aliphatic carbocycles. The third kappa shape index (κ3) is 3.09. The monoisotopic (exact) mass is 346 g/mol. The van der Waals surface area contributed by atoms with Gasteiger partial charge in [0, 0.05) is 11.6 Å². The van der Waals surface area contributed by atoms with Gasteiger partial charge in [-0.15, -0.1) is 0 Å². The normalized spacial score (nSPS) is 14.7. The molecule has 1 N–H and O–H groups in total. The fraction of sp³-hybridized carbons (Fsp3) is 0.222. The van der Waals surface area contributed by atoms with Crippen LogP contribution in [0, 0.1) is 0 Å². The lowest BCUT2D eigenvalue weighted by atomic mass is 10.1. The molecule has 1 aromatic heterocycles. The molecule has 1 fully saturated rings. The molecule has 3 aromatic rings. The summed E-state index contributed by atoms with van der Waals surface area (Å²) < 4.78 is 44.7. The van der Waals surface area contributed by atoms with Crippen LogP contribution in [0.1, 0.15) is 40.6 Å². The average molecular weight is 346 g/mol. The molecule has 25 heavy (non-hydrogen) atoms. The highest BCUT2D eigenvalue weighted by atomic mass is 19.4. The molecular formula is C18H13F3N2O2. The molecule has 1 amide bonds. The van der Waals surface area contributed by atoms with Gasteiger partial charge in [-0.3, -0.25) is 4.79 Å². The van der Waals surface area contributed by atoms with Gasteiger partial charge < -0.3 is 9.73 Å².